The number of aromatic nitrogens is 3. The maximum Gasteiger partial charge on any atom is 0.391 e. The van der Waals surface area contributed by atoms with Crippen LogP contribution in [0.5, 0.6) is 17.6 Å². The van der Waals surface area contributed by atoms with Crippen molar-refractivity contribution in [2.75, 3.05) is 40.3 Å². The largest absolute Gasteiger partial charge is 0.481 e. The van der Waals surface area contributed by atoms with Crippen molar-refractivity contribution in [2.24, 2.45) is 23.7 Å². The van der Waals surface area contributed by atoms with E-state index in [1.54, 1.807) is 45.5 Å². The van der Waals surface area contributed by atoms with Gasteiger partial charge in [-0.05, 0) is 127 Å². The number of pyridine rings is 3. The molecule has 2 aliphatic carbocycles. The zero-order valence-electron chi connectivity index (χ0n) is 34.2. The molecule has 2 N–H and O–H groups in total. The summed E-state index contributed by atoms with van der Waals surface area (Å²) in [5, 5.41) is 0. The Morgan fingerprint density at radius 2 is 1.07 bits per heavy atom. The molecule has 2 saturated carbocycles. The Balaban J connectivity index is 0.000000241. The van der Waals surface area contributed by atoms with Gasteiger partial charge in [0.2, 0.25) is 17.6 Å². The number of hydrogen-bond donors (Lipinski definition) is 1. The van der Waals surface area contributed by atoms with Crippen LogP contribution in [-0.2, 0) is 19.8 Å². The monoisotopic (exact) mass is 1000 g/mol. The van der Waals surface area contributed by atoms with Crippen molar-refractivity contribution in [3.8, 4) is 17.6 Å². The predicted octanol–water partition coefficient (Wildman–Crippen LogP) is 12.9. The summed E-state index contributed by atoms with van der Waals surface area (Å²) < 4.78 is 116. The van der Waals surface area contributed by atoms with Crippen molar-refractivity contribution in [1.29, 1.82) is 0 Å². The number of hydrogen-bond acceptors (Lipinski definition) is 10. The lowest BCUT2D eigenvalue weighted by molar-refractivity contribution is -0.183. The third-order valence-corrected chi connectivity index (χ3v) is 12.7. The number of ether oxygens (including phenoxy) is 3. The molecule has 2 fully saturated rings. The lowest BCUT2D eigenvalue weighted by Crippen LogP contribution is -2.27. The molecule has 3 aromatic heterocycles. The summed E-state index contributed by atoms with van der Waals surface area (Å²) in [6.07, 6.45) is 7.51. The number of nitrogen functional groups attached to an aromatic ring is 1. The Morgan fingerprint density at radius 3 is 1.48 bits per heavy atom. The van der Waals surface area contributed by atoms with Gasteiger partial charge in [-0.3, -0.25) is 4.57 Å². The number of anilines is 1. The van der Waals surface area contributed by atoms with Gasteiger partial charge in [-0.1, -0.05) is 24.3 Å². The molecular formula is C41H53Br2F6N4O6P. The minimum Gasteiger partial charge on any atom is -0.481 e. The van der Waals surface area contributed by atoms with Crippen molar-refractivity contribution in [3.05, 3.63) is 74.6 Å². The topological polar surface area (TPSA) is 128 Å². The molecule has 60 heavy (non-hydrogen) atoms. The molecule has 334 valence electrons. The highest BCUT2D eigenvalue weighted by Crippen LogP contribution is 2.52. The van der Waals surface area contributed by atoms with Crippen molar-refractivity contribution in [3.63, 3.8) is 0 Å². The Bertz CT molecular complexity index is 1790. The number of nitrogens with zero attached hydrogens (tertiary/aromatic N) is 3. The van der Waals surface area contributed by atoms with Crippen molar-refractivity contribution < 1.29 is 54.2 Å². The van der Waals surface area contributed by atoms with E-state index in [9.17, 15) is 30.9 Å². The van der Waals surface area contributed by atoms with E-state index < -0.39 is 31.8 Å². The summed E-state index contributed by atoms with van der Waals surface area (Å²) in [5.74, 6) is -0.530. The van der Waals surface area contributed by atoms with E-state index in [1.807, 2.05) is 30.4 Å². The van der Waals surface area contributed by atoms with E-state index in [4.69, 9.17) is 29.0 Å². The number of allylic oxidation sites excluding steroid dienone is 2. The van der Waals surface area contributed by atoms with Gasteiger partial charge >= 0.3 is 19.9 Å². The summed E-state index contributed by atoms with van der Waals surface area (Å²) in [6, 6.07) is 5.42. The van der Waals surface area contributed by atoms with Crippen LogP contribution in [0.15, 0.2) is 57.9 Å². The van der Waals surface area contributed by atoms with Crippen LogP contribution in [0, 0.1) is 23.7 Å². The molecule has 5 rings (SSSR count). The fourth-order valence-electron chi connectivity index (χ4n) is 6.76. The smallest absolute Gasteiger partial charge is 0.391 e. The maximum absolute atomic E-state index is 12.6. The molecule has 2 aliphatic rings. The van der Waals surface area contributed by atoms with Gasteiger partial charge < -0.3 is 29.0 Å². The van der Waals surface area contributed by atoms with Gasteiger partial charge in [-0.2, -0.15) is 26.3 Å². The van der Waals surface area contributed by atoms with Gasteiger partial charge in [0, 0.05) is 38.0 Å². The molecule has 0 spiro atoms. The SMILES string of the molecule is CCOP(=O)(Cc1cc(Br)cnc1OC)OCC.COc1ncc(Br)cc1/C=C/C1CCC(C(F)(F)F)CC1.COc1ncc(N)cc1/C=C/C1CCC(C(F)(F)F)CC1. The van der Waals surface area contributed by atoms with Gasteiger partial charge in [0.05, 0.1) is 64.4 Å². The predicted molar refractivity (Wildman–Crippen MR) is 228 cm³/mol. The molecule has 0 saturated heterocycles. The van der Waals surface area contributed by atoms with Crippen LogP contribution in [0.4, 0.5) is 32.0 Å². The highest BCUT2D eigenvalue weighted by atomic mass is 79.9. The van der Waals surface area contributed by atoms with Gasteiger partial charge in [-0.25, -0.2) is 15.0 Å². The number of alkyl halides is 6. The van der Waals surface area contributed by atoms with E-state index in [0.717, 1.165) is 20.1 Å². The van der Waals surface area contributed by atoms with Gasteiger partial charge in [-0.15, -0.1) is 0 Å². The lowest BCUT2D eigenvalue weighted by atomic mass is 9.81. The van der Waals surface area contributed by atoms with Gasteiger partial charge in [0.15, 0.2) is 0 Å². The van der Waals surface area contributed by atoms with Crippen LogP contribution in [0.2, 0.25) is 0 Å². The molecule has 0 bridgehead atoms. The van der Waals surface area contributed by atoms with E-state index in [0.29, 0.717) is 67.8 Å². The molecule has 0 aromatic carbocycles. The number of nitrogens with two attached hydrogens (primary N) is 1. The van der Waals surface area contributed by atoms with E-state index in [2.05, 4.69) is 46.8 Å². The molecule has 10 nitrogen and oxygen atoms in total. The molecule has 0 unspecified atom stereocenters. The first kappa shape index (κ1) is 51.2. The van der Waals surface area contributed by atoms with Crippen LogP contribution < -0.4 is 19.9 Å². The lowest BCUT2D eigenvalue weighted by Gasteiger charge is -2.28. The first-order valence-corrected chi connectivity index (χ1v) is 22.7. The normalized spacial score (nSPS) is 19.9. The Hall–Kier alpha value is -3.18. The molecule has 0 aliphatic heterocycles. The minimum absolute atomic E-state index is 0.143. The van der Waals surface area contributed by atoms with Crippen LogP contribution >= 0.6 is 39.5 Å². The third kappa shape index (κ3) is 16.9. The second-order valence-electron chi connectivity index (χ2n) is 14.1. The summed E-state index contributed by atoms with van der Waals surface area (Å²) in [7, 11) is 1.44. The van der Waals surface area contributed by atoms with Crippen molar-refractivity contribution in [2.45, 2.75) is 83.7 Å². The molecular weight excluding hydrogens is 949 g/mol. The van der Waals surface area contributed by atoms with E-state index in [1.165, 1.54) is 20.4 Å². The van der Waals surface area contributed by atoms with Crippen LogP contribution in [-0.4, -0.2) is 61.8 Å². The molecule has 0 atom stereocenters. The van der Waals surface area contributed by atoms with Crippen molar-refractivity contribution >= 4 is 57.3 Å². The Kier molecular flexibility index (Phi) is 20.9. The van der Waals surface area contributed by atoms with Gasteiger partial charge in [0.1, 0.15) is 0 Å². The molecule has 3 aromatic rings. The molecule has 0 radical (unpaired) electrons. The van der Waals surface area contributed by atoms with E-state index >= 15 is 0 Å². The summed E-state index contributed by atoms with van der Waals surface area (Å²) >= 11 is 6.67. The van der Waals surface area contributed by atoms with Crippen LogP contribution in [0.25, 0.3) is 12.2 Å². The minimum atomic E-state index is -4.06. The zero-order chi connectivity index (χ0) is 44.5. The summed E-state index contributed by atoms with van der Waals surface area (Å²) in [5.41, 5.74) is 8.47. The molecule has 3 heterocycles. The van der Waals surface area contributed by atoms with Crippen LogP contribution in [0.3, 0.4) is 0 Å². The quantitative estimate of drug-likeness (QED) is 0.131. The first-order chi connectivity index (χ1) is 28.3. The number of methoxy groups -OCH3 is 3. The van der Waals surface area contributed by atoms with Gasteiger partial charge in [0.25, 0.3) is 0 Å². The van der Waals surface area contributed by atoms with Crippen LogP contribution in [0.1, 0.15) is 81.9 Å². The number of rotatable bonds is 13. The highest BCUT2D eigenvalue weighted by molar-refractivity contribution is 9.10. The second kappa shape index (κ2) is 24.5. The molecule has 19 heteroatoms. The number of halogens is 8. The fourth-order valence-corrected chi connectivity index (χ4v) is 9.18. The maximum atomic E-state index is 12.6. The fraction of sp³-hybridized carbons (Fsp3) is 0.537. The summed E-state index contributed by atoms with van der Waals surface area (Å²) in [6.45, 7) is 4.23. The zero-order valence-corrected chi connectivity index (χ0v) is 38.3. The first-order valence-electron chi connectivity index (χ1n) is 19.4. The average molecular weight is 1000 g/mol. The standard InChI is InChI=1S/C15H17BrF3NO.C15H19F3N2O.C11H17BrNO4P/c1-21-14-11(8-13(16)9-20-14)5-2-10-3-6-12(7-4-10)15(17,18)19;1-21-14-11(8-13(19)9-20-14)5-2-10-3-6-12(7-4-10)15(16,17)18;1-4-16-18(14,17-5-2)8-9-6-10(12)7-13-11(9)15-3/h2,5,8-10,12H,3-4,6-7H2,1H3;2,5,8-10,12H,3-4,6-7,19H2,1H3;6-7H,4-5,8H2,1-3H3/b2*5-2+;. The molecule has 0 amide bonds. The van der Waals surface area contributed by atoms with E-state index in [-0.39, 0.29) is 43.7 Å². The second-order valence-corrected chi connectivity index (χ2v) is 18.0. The Labute approximate surface area is 364 Å². The Morgan fingerprint density at radius 1 is 0.667 bits per heavy atom. The third-order valence-electron chi connectivity index (χ3n) is 9.80. The average Bonchev–Trinajstić information content (AvgIpc) is 3.20. The summed E-state index contributed by atoms with van der Waals surface area (Å²) in [4.78, 5) is 12.3. The highest BCUT2D eigenvalue weighted by Gasteiger charge is 2.42. The van der Waals surface area contributed by atoms with Crippen molar-refractivity contribution in [1.82, 2.24) is 15.0 Å².